The maximum atomic E-state index is 13.7. The number of anilines is 1. The van der Waals surface area contributed by atoms with Crippen LogP contribution in [0, 0.1) is 13.8 Å². The van der Waals surface area contributed by atoms with Crippen LogP contribution >= 0.6 is 22.7 Å². The molecule has 5 aromatic rings. The number of hydrogen-bond acceptors (Lipinski definition) is 7. The van der Waals surface area contributed by atoms with Crippen LogP contribution in [0.3, 0.4) is 0 Å². The van der Waals surface area contributed by atoms with E-state index in [0.29, 0.717) is 21.6 Å². The Morgan fingerprint density at radius 2 is 1.85 bits per heavy atom. The van der Waals surface area contributed by atoms with E-state index in [1.807, 2.05) is 38.1 Å². The molecule has 11 heteroatoms. The predicted molar refractivity (Wildman–Crippen MR) is 157 cm³/mol. The Labute approximate surface area is 243 Å². The fourth-order valence-electron chi connectivity index (χ4n) is 4.44. The van der Waals surface area contributed by atoms with Gasteiger partial charge in [0.05, 0.1) is 5.69 Å². The Hall–Kier alpha value is -4.09. The van der Waals surface area contributed by atoms with Crippen molar-refractivity contribution >= 4 is 50.4 Å². The first kappa shape index (κ1) is 28.4. The average Bonchev–Trinajstić information content (AvgIpc) is 3.65. The fourth-order valence-corrected chi connectivity index (χ4v) is 6.34. The number of hydrogen-bond donors (Lipinski definition) is 2. The smallest absolute Gasteiger partial charge is 0.291 e. The molecule has 4 heterocycles. The molecule has 7 nitrogen and oxygen atoms in total. The van der Waals surface area contributed by atoms with Gasteiger partial charge in [-0.15, -0.1) is 22.7 Å². The van der Waals surface area contributed by atoms with E-state index in [0.717, 1.165) is 33.1 Å². The van der Waals surface area contributed by atoms with Crippen LogP contribution < -0.4 is 15.8 Å². The number of alkyl halides is 2. The van der Waals surface area contributed by atoms with E-state index in [1.54, 1.807) is 12.1 Å². The zero-order valence-corrected chi connectivity index (χ0v) is 24.3. The number of thiophene rings is 2. The van der Waals surface area contributed by atoms with Crippen molar-refractivity contribution in [3.8, 4) is 16.2 Å². The minimum atomic E-state index is -2.82. The fraction of sp³-hybridized carbons (Fsp3) is 0.233. The molecule has 0 spiro atoms. The summed E-state index contributed by atoms with van der Waals surface area (Å²) in [7, 11) is 0. The van der Waals surface area contributed by atoms with Gasteiger partial charge >= 0.3 is 0 Å². The molecule has 2 amide bonds. The Balaban J connectivity index is 1.47. The molecule has 0 bridgehead atoms. The lowest BCUT2D eigenvalue weighted by molar-refractivity contribution is 0.0992. The number of halogens is 2. The number of aryl methyl sites for hydroxylation is 2. The SMILES string of the molecule is Cc1ccc(C(C)C)c(OCc2ccc(C(=O)Nc3c(C(N)=O)sc4nc(C(F)F)cc(-c5ccc(C)s5)c34)o2)c1. The molecule has 212 valence electrons. The number of carbonyl (C=O) groups is 2. The van der Waals surface area contributed by atoms with Crippen LogP contribution in [0.5, 0.6) is 5.75 Å². The third-order valence-electron chi connectivity index (χ3n) is 6.42. The lowest BCUT2D eigenvalue weighted by Gasteiger charge is -2.14. The van der Waals surface area contributed by atoms with Crippen LogP contribution in [0.25, 0.3) is 20.7 Å². The topological polar surface area (TPSA) is 107 Å². The first-order valence-electron chi connectivity index (χ1n) is 12.8. The predicted octanol–water partition coefficient (Wildman–Crippen LogP) is 8.23. The molecule has 0 atom stereocenters. The summed E-state index contributed by atoms with van der Waals surface area (Å²) >= 11 is 2.25. The van der Waals surface area contributed by atoms with Gasteiger partial charge < -0.3 is 20.2 Å². The minimum absolute atomic E-state index is 0.00225. The quantitative estimate of drug-likeness (QED) is 0.179. The molecule has 0 aliphatic carbocycles. The first-order valence-corrected chi connectivity index (χ1v) is 14.4. The number of ether oxygens (including phenoxy) is 1. The largest absolute Gasteiger partial charge is 0.485 e. The number of benzene rings is 1. The number of nitrogens with zero attached hydrogens (tertiary/aromatic N) is 1. The lowest BCUT2D eigenvalue weighted by Crippen LogP contribution is -2.16. The highest BCUT2D eigenvalue weighted by Crippen LogP contribution is 2.44. The number of furan rings is 1. The highest BCUT2D eigenvalue weighted by molar-refractivity contribution is 7.21. The van der Waals surface area contributed by atoms with Gasteiger partial charge in [-0.25, -0.2) is 13.8 Å². The summed E-state index contributed by atoms with van der Waals surface area (Å²) in [4.78, 5) is 31.6. The van der Waals surface area contributed by atoms with Crippen molar-refractivity contribution in [3.63, 3.8) is 0 Å². The normalized spacial score (nSPS) is 11.5. The van der Waals surface area contributed by atoms with E-state index in [4.69, 9.17) is 14.9 Å². The number of fused-ring (bicyclic) bond motifs is 1. The molecular formula is C30H27F2N3O4S2. The van der Waals surface area contributed by atoms with Crippen LogP contribution in [0.4, 0.5) is 14.5 Å². The molecule has 3 N–H and O–H groups in total. The summed E-state index contributed by atoms with van der Waals surface area (Å²) in [6.45, 7) is 8.14. The highest BCUT2D eigenvalue weighted by atomic mass is 32.1. The molecule has 41 heavy (non-hydrogen) atoms. The van der Waals surface area contributed by atoms with Gasteiger partial charge in [0.2, 0.25) is 0 Å². The van der Waals surface area contributed by atoms with E-state index < -0.39 is 23.9 Å². The third-order valence-corrected chi connectivity index (χ3v) is 8.55. The summed E-state index contributed by atoms with van der Waals surface area (Å²) in [6.07, 6.45) is -2.82. The van der Waals surface area contributed by atoms with Gasteiger partial charge in [-0.1, -0.05) is 26.0 Å². The molecule has 1 aromatic carbocycles. The number of pyridine rings is 1. The lowest BCUT2D eigenvalue weighted by atomic mass is 10.0. The van der Waals surface area contributed by atoms with E-state index in [2.05, 4.69) is 24.1 Å². The van der Waals surface area contributed by atoms with E-state index in [9.17, 15) is 18.4 Å². The van der Waals surface area contributed by atoms with Crippen molar-refractivity contribution in [3.05, 3.63) is 86.6 Å². The van der Waals surface area contributed by atoms with Crippen LogP contribution in [-0.4, -0.2) is 16.8 Å². The van der Waals surface area contributed by atoms with E-state index in [-0.39, 0.29) is 33.7 Å². The molecule has 0 saturated carbocycles. The van der Waals surface area contributed by atoms with Gasteiger partial charge in [0, 0.05) is 20.7 Å². The first-order chi connectivity index (χ1) is 19.5. The van der Waals surface area contributed by atoms with Crippen LogP contribution in [0.15, 0.2) is 52.9 Å². The second-order valence-corrected chi connectivity index (χ2v) is 12.1. The van der Waals surface area contributed by atoms with Crippen molar-refractivity contribution in [2.45, 2.75) is 46.6 Å². The number of carbonyl (C=O) groups excluding carboxylic acids is 2. The van der Waals surface area contributed by atoms with Crippen molar-refractivity contribution in [2.75, 3.05) is 5.32 Å². The Kier molecular flexibility index (Phi) is 7.92. The van der Waals surface area contributed by atoms with Crippen molar-refractivity contribution in [2.24, 2.45) is 5.73 Å². The molecule has 0 aliphatic rings. The average molecular weight is 596 g/mol. The Morgan fingerprint density at radius 3 is 2.51 bits per heavy atom. The van der Waals surface area contributed by atoms with Gasteiger partial charge in [-0.05, 0) is 67.3 Å². The zero-order valence-electron chi connectivity index (χ0n) is 22.7. The summed E-state index contributed by atoms with van der Waals surface area (Å²) in [5.41, 5.74) is 7.85. The van der Waals surface area contributed by atoms with Crippen molar-refractivity contribution < 1.29 is 27.5 Å². The molecule has 0 aliphatic heterocycles. The molecule has 0 radical (unpaired) electrons. The van der Waals surface area contributed by atoms with Gasteiger partial charge in [0.25, 0.3) is 18.2 Å². The summed E-state index contributed by atoms with van der Waals surface area (Å²) < 4.78 is 39.2. The van der Waals surface area contributed by atoms with Crippen molar-refractivity contribution in [1.29, 1.82) is 0 Å². The molecule has 0 unspecified atom stereocenters. The highest BCUT2D eigenvalue weighted by Gasteiger charge is 2.26. The zero-order chi connectivity index (χ0) is 29.4. The van der Waals surface area contributed by atoms with Gasteiger partial charge in [0.15, 0.2) is 5.76 Å². The van der Waals surface area contributed by atoms with E-state index in [1.165, 1.54) is 23.5 Å². The number of amides is 2. The summed E-state index contributed by atoms with van der Waals surface area (Å²) in [5, 5.41) is 3.09. The Bertz CT molecular complexity index is 1770. The molecular weight excluding hydrogens is 568 g/mol. The summed E-state index contributed by atoms with van der Waals surface area (Å²) in [5.74, 6) is -0.0408. The van der Waals surface area contributed by atoms with Gasteiger partial charge in [0.1, 0.15) is 33.5 Å². The molecule has 0 saturated heterocycles. The molecule has 4 aromatic heterocycles. The second kappa shape index (κ2) is 11.4. The summed E-state index contributed by atoms with van der Waals surface area (Å²) in [6, 6.07) is 14.1. The van der Waals surface area contributed by atoms with E-state index >= 15 is 0 Å². The van der Waals surface area contributed by atoms with Gasteiger partial charge in [-0.3, -0.25) is 9.59 Å². The number of primary amides is 1. The number of nitrogens with one attached hydrogen (secondary N) is 1. The maximum absolute atomic E-state index is 13.7. The number of rotatable bonds is 9. The van der Waals surface area contributed by atoms with Gasteiger partial charge in [-0.2, -0.15) is 0 Å². The van der Waals surface area contributed by atoms with Crippen molar-refractivity contribution in [1.82, 2.24) is 4.98 Å². The standard InChI is InChI=1S/C30H27F2N3O4S2/c1-14(2)18-8-5-15(3)11-22(18)38-13-17-7-9-21(39-17)29(37)35-25-24-19(23-10-6-16(4)40-23)12-20(27(31)32)34-30(24)41-26(25)28(33)36/h5-12,14,27H,13H2,1-4H3,(H2,33,36)(H,35,37). The monoisotopic (exact) mass is 595 g/mol. The second-order valence-electron chi connectivity index (χ2n) is 9.86. The maximum Gasteiger partial charge on any atom is 0.291 e. The Morgan fingerprint density at radius 1 is 1.07 bits per heavy atom. The molecule has 0 fully saturated rings. The third kappa shape index (κ3) is 5.86. The molecule has 5 rings (SSSR count). The van der Waals surface area contributed by atoms with Crippen LogP contribution in [-0.2, 0) is 6.61 Å². The minimum Gasteiger partial charge on any atom is -0.485 e. The number of nitrogens with two attached hydrogens (primary N) is 1. The number of aromatic nitrogens is 1. The van der Waals surface area contributed by atoms with Crippen LogP contribution in [0.2, 0.25) is 0 Å². The van der Waals surface area contributed by atoms with Crippen LogP contribution in [0.1, 0.15) is 73.9 Å².